The van der Waals surface area contributed by atoms with Crippen LogP contribution in [-0.2, 0) is 14.3 Å². The van der Waals surface area contributed by atoms with Crippen molar-refractivity contribution < 1.29 is 23.5 Å². The van der Waals surface area contributed by atoms with Crippen molar-refractivity contribution in [1.82, 2.24) is 20.6 Å². The third-order valence-corrected chi connectivity index (χ3v) is 4.73. The Hall–Kier alpha value is -3.14. The Morgan fingerprint density at radius 2 is 1.93 bits per heavy atom. The van der Waals surface area contributed by atoms with Crippen LogP contribution in [0.1, 0.15) is 20.8 Å². The lowest BCUT2D eigenvalue weighted by Gasteiger charge is -2.14. The lowest BCUT2D eigenvalue weighted by molar-refractivity contribution is -0.151. The van der Waals surface area contributed by atoms with E-state index < -0.39 is 24.0 Å². The van der Waals surface area contributed by atoms with Crippen molar-refractivity contribution in [1.29, 1.82) is 0 Å². The Bertz CT molecular complexity index is 1070. The zero-order valence-electron chi connectivity index (χ0n) is 16.1. The fourth-order valence-electron chi connectivity index (χ4n) is 2.53. The van der Waals surface area contributed by atoms with Gasteiger partial charge in [-0.15, -0.1) is 0 Å². The number of fused-ring (bicyclic) bond motifs is 3. The predicted octanol–water partition coefficient (Wildman–Crippen LogP) is 2.63. The fraction of sp³-hybridized carbons (Fsp3) is 0.316. The van der Waals surface area contributed by atoms with E-state index in [-0.39, 0.29) is 11.8 Å². The number of aromatic nitrogens is 2. The van der Waals surface area contributed by atoms with Crippen LogP contribution in [0.2, 0.25) is 0 Å². The maximum absolute atomic E-state index is 12.1. The molecule has 1 atom stereocenters. The van der Waals surface area contributed by atoms with Gasteiger partial charge in [-0.1, -0.05) is 23.9 Å². The van der Waals surface area contributed by atoms with Gasteiger partial charge in [0.15, 0.2) is 11.7 Å². The van der Waals surface area contributed by atoms with Gasteiger partial charge in [-0.05, 0) is 32.9 Å². The number of esters is 1. The normalized spacial score (nSPS) is 12.1. The number of urea groups is 1. The summed E-state index contributed by atoms with van der Waals surface area (Å²) in [5, 5.41) is 5.99. The summed E-state index contributed by atoms with van der Waals surface area (Å²) in [5.74, 6) is -1.41. The summed E-state index contributed by atoms with van der Waals surface area (Å²) in [7, 11) is 0. The van der Waals surface area contributed by atoms with E-state index in [1.165, 1.54) is 13.3 Å². The summed E-state index contributed by atoms with van der Waals surface area (Å²) in [6.07, 6.45) is 0.291. The van der Waals surface area contributed by atoms with Crippen molar-refractivity contribution >= 4 is 51.7 Å². The standard InChI is InChI=1S/C19H20N4O5S/c1-10(2)22-19(26)23-17(25)11(3)27-14(24)8-29-18-16-15(20-9-21-18)12-6-4-5-7-13(12)28-16/h4-7,9-11H,8H2,1-3H3,(H2,22,23,25,26)/t11-/m1/s1. The van der Waals surface area contributed by atoms with Gasteiger partial charge in [-0.25, -0.2) is 14.8 Å². The van der Waals surface area contributed by atoms with Crippen LogP contribution in [0, 0.1) is 0 Å². The Morgan fingerprint density at radius 1 is 1.17 bits per heavy atom. The number of hydrogen-bond donors (Lipinski definition) is 2. The summed E-state index contributed by atoms with van der Waals surface area (Å²) in [4.78, 5) is 44.0. The molecular weight excluding hydrogens is 396 g/mol. The van der Waals surface area contributed by atoms with Crippen LogP contribution < -0.4 is 10.6 Å². The molecule has 0 unspecified atom stereocenters. The van der Waals surface area contributed by atoms with E-state index in [4.69, 9.17) is 9.15 Å². The van der Waals surface area contributed by atoms with Crippen LogP contribution in [0.5, 0.6) is 0 Å². The number of hydrogen-bond acceptors (Lipinski definition) is 8. The minimum absolute atomic E-state index is 0.0844. The Kier molecular flexibility index (Phi) is 6.32. The van der Waals surface area contributed by atoms with Gasteiger partial charge in [0.2, 0.25) is 0 Å². The molecule has 0 bridgehead atoms. The second kappa shape index (κ2) is 8.91. The quantitative estimate of drug-likeness (QED) is 0.357. The monoisotopic (exact) mass is 416 g/mol. The molecule has 2 aromatic heterocycles. The second-order valence-electron chi connectivity index (χ2n) is 6.49. The van der Waals surface area contributed by atoms with Gasteiger partial charge >= 0.3 is 12.0 Å². The Labute approximate surface area is 170 Å². The zero-order valence-corrected chi connectivity index (χ0v) is 16.9. The molecule has 29 heavy (non-hydrogen) atoms. The highest BCUT2D eigenvalue weighted by atomic mass is 32.2. The first-order valence-electron chi connectivity index (χ1n) is 8.91. The second-order valence-corrected chi connectivity index (χ2v) is 7.46. The van der Waals surface area contributed by atoms with Crippen LogP contribution in [0.15, 0.2) is 40.0 Å². The number of nitrogens with one attached hydrogen (secondary N) is 2. The molecule has 0 saturated heterocycles. The molecule has 152 valence electrons. The van der Waals surface area contributed by atoms with Crippen LogP contribution in [0.4, 0.5) is 4.79 Å². The van der Waals surface area contributed by atoms with E-state index in [0.717, 1.165) is 17.1 Å². The van der Waals surface area contributed by atoms with Gasteiger partial charge in [0.25, 0.3) is 5.91 Å². The molecular formula is C19H20N4O5S. The number of para-hydroxylation sites is 1. The first-order valence-corrected chi connectivity index (χ1v) is 9.89. The summed E-state index contributed by atoms with van der Waals surface area (Å²) in [6.45, 7) is 4.91. The first-order chi connectivity index (χ1) is 13.8. The molecule has 1 aromatic carbocycles. The number of thioether (sulfide) groups is 1. The minimum atomic E-state index is -1.11. The number of imide groups is 1. The largest absolute Gasteiger partial charge is 0.452 e. The molecule has 3 rings (SSSR count). The molecule has 0 aliphatic carbocycles. The number of furan rings is 1. The van der Waals surface area contributed by atoms with Crippen LogP contribution in [0.25, 0.3) is 22.1 Å². The highest BCUT2D eigenvalue weighted by molar-refractivity contribution is 8.00. The third-order valence-electron chi connectivity index (χ3n) is 3.79. The topological polar surface area (TPSA) is 123 Å². The minimum Gasteiger partial charge on any atom is -0.452 e. The van der Waals surface area contributed by atoms with Crippen molar-refractivity contribution in [3.63, 3.8) is 0 Å². The van der Waals surface area contributed by atoms with Crippen LogP contribution in [0.3, 0.4) is 0 Å². The van der Waals surface area contributed by atoms with Gasteiger partial charge in [0.05, 0.1) is 5.75 Å². The van der Waals surface area contributed by atoms with E-state index >= 15 is 0 Å². The van der Waals surface area contributed by atoms with Crippen LogP contribution in [-0.4, -0.2) is 45.8 Å². The molecule has 9 nitrogen and oxygen atoms in total. The lowest BCUT2D eigenvalue weighted by Crippen LogP contribution is -2.46. The Balaban J connectivity index is 1.59. The predicted molar refractivity (Wildman–Crippen MR) is 107 cm³/mol. The van der Waals surface area contributed by atoms with E-state index in [1.807, 2.05) is 24.3 Å². The summed E-state index contributed by atoms with van der Waals surface area (Å²) in [6, 6.07) is 6.70. The molecule has 3 amide bonds. The van der Waals surface area contributed by atoms with Gasteiger partial charge in [0, 0.05) is 11.4 Å². The van der Waals surface area contributed by atoms with Gasteiger partial charge in [-0.3, -0.25) is 14.9 Å². The molecule has 0 aliphatic rings. The van der Waals surface area contributed by atoms with Gasteiger partial charge in [-0.2, -0.15) is 0 Å². The van der Waals surface area contributed by atoms with E-state index in [1.54, 1.807) is 13.8 Å². The number of amides is 3. The SMILES string of the molecule is CC(C)NC(=O)NC(=O)[C@@H](C)OC(=O)CSc1ncnc2c1oc1ccccc12. The molecule has 0 aliphatic heterocycles. The van der Waals surface area contributed by atoms with Crippen molar-refractivity contribution in [2.75, 3.05) is 5.75 Å². The molecule has 2 heterocycles. The molecule has 0 saturated carbocycles. The first kappa shape index (κ1) is 20.6. The van der Waals surface area contributed by atoms with Crippen molar-refractivity contribution in [2.24, 2.45) is 0 Å². The average Bonchev–Trinajstić information content (AvgIpc) is 3.05. The summed E-state index contributed by atoms with van der Waals surface area (Å²) in [5.41, 5.74) is 1.83. The number of ether oxygens (including phenoxy) is 1. The van der Waals surface area contributed by atoms with Crippen LogP contribution >= 0.6 is 11.8 Å². The summed E-state index contributed by atoms with van der Waals surface area (Å²) < 4.78 is 10.9. The molecule has 2 N–H and O–H groups in total. The number of nitrogens with zero attached hydrogens (tertiary/aromatic N) is 2. The van der Waals surface area contributed by atoms with Crippen molar-refractivity contribution in [3.05, 3.63) is 30.6 Å². The molecule has 0 fully saturated rings. The van der Waals surface area contributed by atoms with Crippen molar-refractivity contribution in [3.8, 4) is 0 Å². The van der Waals surface area contributed by atoms with E-state index in [2.05, 4.69) is 20.6 Å². The number of rotatable bonds is 6. The number of carbonyl (C=O) groups is 3. The highest BCUT2D eigenvalue weighted by Gasteiger charge is 2.21. The maximum atomic E-state index is 12.1. The molecule has 3 aromatic rings. The highest BCUT2D eigenvalue weighted by Crippen LogP contribution is 2.32. The molecule has 0 radical (unpaired) electrons. The molecule has 10 heteroatoms. The van der Waals surface area contributed by atoms with E-state index in [0.29, 0.717) is 21.7 Å². The third kappa shape index (κ3) is 5.02. The van der Waals surface area contributed by atoms with Crippen molar-refractivity contribution in [2.45, 2.75) is 37.9 Å². The number of benzene rings is 1. The average molecular weight is 416 g/mol. The maximum Gasteiger partial charge on any atom is 0.321 e. The fourth-order valence-corrected chi connectivity index (χ4v) is 3.24. The Morgan fingerprint density at radius 3 is 2.69 bits per heavy atom. The molecule has 0 spiro atoms. The number of carbonyl (C=O) groups excluding carboxylic acids is 3. The smallest absolute Gasteiger partial charge is 0.321 e. The zero-order chi connectivity index (χ0) is 21.0. The van der Waals surface area contributed by atoms with Gasteiger partial charge < -0.3 is 14.5 Å². The summed E-state index contributed by atoms with van der Waals surface area (Å²) >= 11 is 1.12. The van der Waals surface area contributed by atoms with E-state index in [9.17, 15) is 14.4 Å². The lowest BCUT2D eigenvalue weighted by atomic mass is 10.2. The van der Waals surface area contributed by atoms with Gasteiger partial charge in [0.1, 0.15) is 22.5 Å².